The molecule has 6 heteroatoms. The topological polar surface area (TPSA) is 68.5 Å². The maximum absolute atomic E-state index is 11.9. The smallest absolute Gasteiger partial charge is 0.336 e. The minimum atomic E-state index is -0.403. The molecular weight excluding hydrogens is 409 g/mol. The van der Waals surface area contributed by atoms with E-state index in [2.05, 4.69) is 27.9 Å². The Hall–Kier alpha value is -2.35. The molecule has 2 aromatic carbocycles. The van der Waals surface area contributed by atoms with E-state index in [0.29, 0.717) is 17.0 Å². The summed E-state index contributed by atoms with van der Waals surface area (Å²) in [4.78, 5) is 23.1. The number of benzene rings is 2. The van der Waals surface area contributed by atoms with Gasteiger partial charge in [0.2, 0.25) is 0 Å². The van der Waals surface area contributed by atoms with Crippen molar-refractivity contribution in [1.82, 2.24) is 0 Å². The number of fused-ring (bicyclic) bond motifs is 1. The fourth-order valence-corrected chi connectivity index (χ4v) is 2.39. The second-order valence-corrected chi connectivity index (χ2v) is 6.04. The average Bonchev–Trinajstić information content (AvgIpc) is 2.54. The van der Waals surface area contributed by atoms with Gasteiger partial charge >= 0.3 is 5.63 Å². The largest absolute Gasteiger partial charge is 0.484 e. The fraction of sp³-hybridized carbons (Fsp3) is 0.0588. The van der Waals surface area contributed by atoms with Crippen LogP contribution in [0.4, 0.5) is 5.69 Å². The SMILES string of the molecule is O=C(COc1ccc(I)cc1)Nc1ccc2oc(=O)ccc2c1. The van der Waals surface area contributed by atoms with E-state index in [0.717, 1.165) is 8.96 Å². The highest BCUT2D eigenvalue weighted by Gasteiger charge is 2.05. The number of hydrogen-bond donors (Lipinski definition) is 1. The first-order valence-corrected chi connectivity index (χ1v) is 7.90. The molecule has 0 spiro atoms. The van der Waals surface area contributed by atoms with E-state index in [-0.39, 0.29) is 12.5 Å². The molecule has 5 nitrogen and oxygen atoms in total. The Morgan fingerprint density at radius 1 is 1.09 bits per heavy atom. The molecule has 1 heterocycles. The number of anilines is 1. The van der Waals surface area contributed by atoms with Crippen LogP contribution in [0.25, 0.3) is 11.0 Å². The van der Waals surface area contributed by atoms with Crippen molar-refractivity contribution in [2.24, 2.45) is 0 Å². The molecule has 0 fully saturated rings. The number of amides is 1. The van der Waals surface area contributed by atoms with Gasteiger partial charge in [-0.3, -0.25) is 4.79 Å². The number of ether oxygens (including phenoxy) is 1. The number of nitrogens with one attached hydrogen (secondary N) is 1. The summed E-state index contributed by atoms with van der Waals surface area (Å²) < 4.78 is 11.6. The quantitative estimate of drug-likeness (QED) is 0.518. The minimum absolute atomic E-state index is 0.0809. The molecule has 1 amide bonds. The van der Waals surface area contributed by atoms with E-state index in [1.54, 1.807) is 24.3 Å². The number of carbonyl (C=O) groups is 1. The fourth-order valence-electron chi connectivity index (χ4n) is 2.03. The van der Waals surface area contributed by atoms with Crippen LogP contribution in [-0.2, 0) is 4.79 Å². The Labute approximate surface area is 145 Å². The summed E-state index contributed by atoms with van der Waals surface area (Å²) in [7, 11) is 0. The summed E-state index contributed by atoms with van der Waals surface area (Å²) in [6.45, 7) is -0.0809. The van der Waals surface area contributed by atoms with E-state index in [9.17, 15) is 9.59 Å². The first-order chi connectivity index (χ1) is 11.1. The van der Waals surface area contributed by atoms with Crippen LogP contribution >= 0.6 is 22.6 Å². The predicted octanol–water partition coefficient (Wildman–Crippen LogP) is 3.42. The van der Waals surface area contributed by atoms with Crippen molar-refractivity contribution in [2.75, 3.05) is 11.9 Å². The Morgan fingerprint density at radius 3 is 2.65 bits per heavy atom. The van der Waals surface area contributed by atoms with Crippen LogP contribution < -0.4 is 15.7 Å². The van der Waals surface area contributed by atoms with Crippen molar-refractivity contribution in [3.05, 3.63) is 68.6 Å². The Kier molecular flexibility index (Phi) is 4.61. The Balaban J connectivity index is 1.64. The third-order valence-corrected chi connectivity index (χ3v) is 3.81. The molecule has 0 radical (unpaired) electrons. The lowest BCUT2D eigenvalue weighted by Gasteiger charge is -2.08. The molecule has 0 saturated heterocycles. The van der Waals surface area contributed by atoms with Crippen LogP contribution in [0.15, 0.2) is 63.8 Å². The van der Waals surface area contributed by atoms with Gasteiger partial charge in [0, 0.05) is 20.7 Å². The van der Waals surface area contributed by atoms with Crippen LogP contribution in [-0.4, -0.2) is 12.5 Å². The Bertz CT molecular complexity index is 902. The van der Waals surface area contributed by atoms with Gasteiger partial charge < -0.3 is 14.5 Å². The number of rotatable bonds is 4. The molecule has 23 heavy (non-hydrogen) atoms. The lowest BCUT2D eigenvalue weighted by atomic mass is 10.2. The van der Waals surface area contributed by atoms with Gasteiger partial charge in [-0.15, -0.1) is 0 Å². The van der Waals surface area contributed by atoms with Crippen molar-refractivity contribution in [2.45, 2.75) is 0 Å². The summed E-state index contributed by atoms with van der Waals surface area (Å²) in [5.74, 6) is 0.376. The van der Waals surface area contributed by atoms with Gasteiger partial charge in [0.05, 0.1) is 0 Å². The molecule has 3 rings (SSSR count). The van der Waals surface area contributed by atoms with Gasteiger partial charge in [-0.25, -0.2) is 4.79 Å². The van der Waals surface area contributed by atoms with E-state index in [4.69, 9.17) is 9.15 Å². The van der Waals surface area contributed by atoms with Gasteiger partial charge in [0.15, 0.2) is 6.61 Å². The van der Waals surface area contributed by atoms with Crippen LogP contribution in [0, 0.1) is 3.57 Å². The van der Waals surface area contributed by atoms with Gasteiger partial charge in [-0.05, 0) is 71.1 Å². The molecule has 0 aliphatic carbocycles. The molecular formula is C17H12INO4. The van der Waals surface area contributed by atoms with Crippen molar-refractivity contribution in [1.29, 1.82) is 0 Å². The maximum atomic E-state index is 11.9. The maximum Gasteiger partial charge on any atom is 0.336 e. The van der Waals surface area contributed by atoms with E-state index < -0.39 is 5.63 Å². The summed E-state index contributed by atoms with van der Waals surface area (Å²) >= 11 is 2.20. The van der Waals surface area contributed by atoms with Gasteiger partial charge in [-0.1, -0.05) is 0 Å². The monoisotopic (exact) mass is 421 g/mol. The van der Waals surface area contributed by atoms with Crippen LogP contribution in [0.2, 0.25) is 0 Å². The molecule has 0 atom stereocenters. The summed E-state index contributed by atoms with van der Waals surface area (Å²) in [5, 5.41) is 3.48. The zero-order chi connectivity index (χ0) is 16.2. The average molecular weight is 421 g/mol. The summed E-state index contributed by atoms with van der Waals surface area (Å²) in [6.07, 6.45) is 0. The summed E-state index contributed by atoms with van der Waals surface area (Å²) in [6, 6.07) is 15.5. The molecule has 0 aliphatic rings. The Morgan fingerprint density at radius 2 is 1.87 bits per heavy atom. The highest BCUT2D eigenvalue weighted by Crippen LogP contribution is 2.18. The third kappa shape index (κ3) is 4.10. The first kappa shape index (κ1) is 15.5. The van der Waals surface area contributed by atoms with Crippen LogP contribution in [0.3, 0.4) is 0 Å². The van der Waals surface area contributed by atoms with Crippen LogP contribution in [0.5, 0.6) is 5.75 Å². The molecule has 0 aliphatic heterocycles. The van der Waals surface area contributed by atoms with E-state index >= 15 is 0 Å². The van der Waals surface area contributed by atoms with Gasteiger partial charge in [0.25, 0.3) is 5.91 Å². The van der Waals surface area contributed by atoms with Crippen molar-refractivity contribution in [3.8, 4) is 5.75 Å². The first-order valence-electron chi connectivity index (χ1n) is 6.82. The van der Waals surface area contributed by atoms with Gasteiger partial charge in [-0.2, -0.15) is 0 Å². The highest BCUT2D eigenvalue weighted by molar-refractivity contribution is 14.1. The second-order valence-electron chi connectivity index (χ2n) is 4.80. The second kappa shape index (κ2) is 6.82. The van der Waals surface area contributed by atoms with Gasteiger partial charge in [0.1, 0.15) is 11.3 Å². The highest BCUT2D eigenvalue weighted by atomic mass is 127. The van der Waals surface area contributed by atoms with E-state index in [1.165, 1.54) is 6.07 Å². The molecule has 1 aromatic heterocycles. The molecule has 0 unspecified atom stereocenters. The normalized spacial score (nSPS) is 10.5. The molecule has 1 N–H and O–H groups in total. The number of halogens is 1. The summed E-state index contributed by atoms with van der Waals surface area (Å²) in [5.41, 5.74) is 0.688. The lowest BCUT2D eigenvalue weighted by molar-refractivity contribution is -0.118. The zero-order valence-electron chi connectivity index (χ0n) is 11.9. The zero-order valence-corrected chi connectivity index (χ0v) is 14.1. The van der Waals surface area contributed by atoms with Crippen molar-refractivity contribution >= 4 is 45.2 Å². The third-order valence-electron chi connectivity index (χ3n) is 3.09. The minimum Gasteiger partial charge on any atom is -0.484 e. The number of hydrogen-bond acceptors (Lipinski definition) is 4. The lowest BCUT2D eigenvalue weighted by Crippen LogP contribution is -2.20. The number of carbonyl (C=O) groups excluding carboxylic acids is 1. The van der Waals surface area contributed by atoms with Crippen molar-refractivity contribution < 1.29 is 13.9 Å². The van der Waals surface area contributed by atoms with E-state index in [1.807, 2.05) is 24.3 Å². The van der Waals surface area contributed by atoms with Crippen LogP contribution in [0.1, 0.15) is 0 Å². The van der Waals surface area contributed by atoms with Crippen molar-refractivity contribution in [3.63, 3.8) is 0 Å². The molecule has 3 aromatic rings. The molecule has 116 valence electrons. The molecule has 0 saturated carbocycles. The molecule has 0 bridgehead atoms. The standard InChI is InChI=1S/C17H12INO4/c18-12-2-5-14(6-3-12)22-10-16(20)19-13-4-7-15-11(9-13)1-8-17(21)23-15/h1-9H,10H2,(H,19,20). The predicted molar refractivity (Wildman–Crippen MR) is 95.8 cm³/mol.